The van der Waals surface area contributed by atoms with Gasteiger partial charge in [-0.2, -0.15) is 0 Å². The van der Waals surface area contributed by atoms with Crippen LogP contribution in [0, 0.1) is 13.8 Å². The molecule has 1 unspecified atom stereocenters. The Bertz CT molecular complexity index is 615. The number of rotatable bonds is 6. The number of aromatic nitrogens is 2. The highest BCUT2D eigenvalue weighted by Gasteiger charge is 2.15. The van der Waals surface area contributed by atoms with E-state index in [1.807, 2.05) is 33.8 Å². The number of hydrogen-bond acceptors (Lipinski definition) is 5. The molecule has 114 valence electrons. The van der Waals surface area contributed by atoms with Gasteiger partial charge in [-0.1, -0.05) is 6.92 Å². The molecule has 1 amide bonds. The minimum atomic E-state index is -0.000522. The SMILES string of the molecule is CCC(C)NC(=O)CCc1nnc(-c2cc(C)oc2C)o1. The number of carbonyl (C=O) groups excluding carboxylic acids is 1. The van der Waals surface area contributed by atoms with Crippen LogP contribution in [0.15, 0.2) is 14.9 Å². The number of hydrogen-bond donors (Lipinski definition) is 1. The number of nitrogens with zero attached hydrogens (tertiary/aromatic N) is 2. The molecule has 6 heteroatoms. The molecule has 0 bridgehead atoms. The van der Waals surface area contributed by atoms with Crippen molar-refractivity contribution in [1.29, 1.82) is 0 Å². The fourth-order valence-electron chi connectivity index (χ4n) is 1.98. The lowest BCUT2D eigenvalue weighted by atomic mass is 10.2. The van der Waals surface area contributed by atoms with Crippen molar-refractivity contribution in [2.24, 2.45) is 0 Å². The summed E-state index contributed by atoms with van der Waals surface area (Å²) >= 11 is 0. The quantitative estimate of drug-likeness (QED) is 0.885. The van der Waals surface area contributed by atoms with Crippen LogP contribution in [-0.4, -0.2) is 22.1 Å². The first kappa shape index (κ1) is 15.3. The Morgan fingerprint density at radius 1 is 1.33 bits per heavy atom. The number of aryl methyl sites for hydroxylation is 3. The summed E-state index contributed by atoms with van der Waals surface area (Å²) in [5.41, 5.74) is 0.801. The molecule has 1 N–H and O–H groups in total. The van der Waals surface area contributed by atoms with Crippen molar-refractivity contribution in [3.63, 3.8) is 0 Å². The maximum atomic E-state index is 11.7. The van der Waals surface area contributed by atoms with Gasteiger partial charge in [0.1, 0.15) is 11.5 Å². The molecule has 0 spiro atoms. The standard InChI is InChI=1S/C15H21N3O3/c1-5-9(2)16-13(19)6-7-14-17-18-15(21-14)12-8-10(3)20-11(12)4/h8-9H,5-7H2,1-4H3,(H,16,19). The summed E-state index contributed by atoms with van der Waals surface area (Å²) in [6.07, 6.45) is 1.69. The molecule has 0 fully saturated rings. The van der Waals surface area contributed by atoms with Gasteiger partial charge in [-0.3, -0.25) is 4.79 Å². The van der Waals surface area contributed by atoms with Gasteiger partial charge < -0.3 is 14.2 Å². The van der Waals surface area contributed by atoms with E-state index in [1.165, 1.54) is 0 Å². The summed E-state index contributed by atoms with van der Waals surface area (Å²) in [7, 11) is 0. The topological polar surface area (TPSA) is 81.2 Å². The first-order valence-electron chi connectivity index (χ1n) is 7.18. The molecular weight excluding hydrogens is 270 g/mol. The fourth-order valence-corrected chi connectivity index (χ4v) is 1.98. The van der Waals surface area contributed by atoms with Crippen LogP contribution in [0.25, 0.3) is 11.5 Å². The molecule has 0 saturated heterocycles. The van der Waals surface area contributed by atoms with Crippen molar-refractivity contribution in [2.75, 3.05) is 0 Å². The van der Waals surface area contributed by atoms with Crippen molar-refractivity contribution in [1.82, 2.24) is 15.5 Å². The monoisotopic (exact) mass is 291 g/mol. The van der Waals surface area contributed by atoms with Gasteiger partial charge in [0.25, 0.3) is 5.89 Å². The molecule has 0 aromatic carbocycles. The van der Waals surface area contributed by atoms with E-state index < -0.39 is 0 Å². The zero-order chi connectivity index (χ0) is 15.4. The van der Waals surface area contributed by atoms with Crippen LogP contribution >= 0.6 is 0 Å². The van der Waals surface area contributed by atoms with Crippen LogP contribution in [0.2, 0.25) is 0 Å². The highest BCUT2D eigenvalue weighted by molar-refractivity contribution is 5.76. The van der Waals surface area contributed by atoms with Gasteiger partial charge in [-0.15, -0.1) is 10.2 Å². The van der Waals surface area contributed by atoms with Crippen molar-refractivity contribution < 1.29 is 13.6 Å². The van der Waals surface area contributed by atoms with Crippen LogP contribution in [0.4, 0.5) is 0 Å². The van der Waals surface area contributed by atoms with E-state index in [-0.39, 0.29) is 11.9 Å². The third-order valence-electron chi connectivity index (χ3n) is 3.32. The molecule has 2 rings (SSSR count). The number of carbonyl (C=O) groups is 1. The van der Waals surface area contributed by atoms with Gasteiger partial charge >= 0.3 is 0 Å². The Balaban J connectivity index is 1.95. The highest BCUT2D eigenvalue weighted by atomic mass is 16.4. The molecule has 0 saturated carbocycles. The molecule has 6 nitrogen and oxygen atoms in total. The minimum Gasteiger partial charge on any atom is -0.466 e. The van der Waals surface area contributed by atoms with E-state index in [0.29, 0.717) is 24.6 Å². The third kappa shape index (κ3) is 3.93. The third-order valence-corrected chi connectivity index (χ3v) is 3.32. The molecule has 2 aromatic rings. The van der Waals surface area contributed by atoms with Crippen LogP contribution in [0.5, 0.6) is 0 Å². The predicted molar refractivity (Wildman–Crippen MR) is 77.7 cm³/mol. The van der Waals surface area contributed by atoms with E-state index >= 15 is 0 Å². The Labute approximate surface area is 123 Å². The van der Waals surface area contributed by atoms with Gasteiger partial charge in [0, 0.05) is 18.9 Å². The first-order chi connectivity index (χ1) is 9.99. The molecule has 21 heavy (non-hydrogen) atoms. The molecule has 0 aliphatic heterocycles. The molecular formula is C15H21N3O3. The second-order valence-electron chi connectivity index (χ2n) is 5.20. The van der Waals surface area contributed by atoms with Crippen molar-refractivity contribution in [2.45, 2.75) is 53.0 Å². The molecule has 1 atom stereocenters. The van der Waals surface area contributed by atoms with Crippen molar-refractivity contribution >= 4 is 5.91 Å². The molecule has 2 heterocycles. The highest BCUT2D eigenvalue weighted by Crippen LogP contribution is 2.25. The van der Waals surface area contributed by atoms with E-state index in [9.17, 15) is 4.79 Å². The van der Waals surface area contributed by atoms with Gasteiger partial charge in [0.15, 0.2) is 0 Å². The average Bonchev–Trinajstić information content (AvgIpc) is 3.02. The zero-order valence-electron chi connectivity index (χ0n) is 12.9. The minimum absolute atomic E-state index is 0.000522. The lowest BCUT2D eigenvalue weighted by molar-refractivity contribution is -0.121. The summed E-state index contributed by atoms with van der Waals surface area (Å²) in [6.45, 7) is 7.73. The number of furan rings is 1. The second kappa shape index (κ2) is 6.56. The fraction of sp³-hybridized carbons (Fsp3) is 0.533. The Morgan fingerprint density at radius 2 is 2.10 bits per heavy atom. The number of nitrogens with one attached hydrogen (secondary N) is 1. The lowest BCUT2D eigenvalue weighted by Gasteiger charge is -2.10. The smallest absolute Gasteiger partial charge is 0.251 e. The summed E-state index contributed by atoms with van der Waals surface area (Å²) in [5, 5.41) is 10.9. The average molecular weight is 291 g/mol. The zero-order valence-corrected chi connectivity index (χ0v) is 12.9. The maximum absolute atomic E-state index is 11.7. The number of amides is 1. The maximum Gasteiger partial charge on any atom is 0.251 e. The predicted octanol–water partition coefficient (Wildman–Crippen LogP) is 2.79. The first-order valence-corrected chi connectivity index (χ1v) is 7.18. The Hall–Kier alpha value is -2.11. The van der Waals surface area contributed by atoms with Gasteiger partial charge in [0.2, 0.25) is 11.8 Å². The summed E-state index contributed by atoms with van der Waals surface area (Å²) in [6, 6.07) is 2.05. The van der Waals surface area contributed by atoms with E-state index in [2.05, 4.69) is 15.5 Å². The summed E-state index contributed by atoms with van der Waals surface area (Å²) in [4.78, 5) is 11.7. The molecule has 2 aromatic heterocycles. The molecule has 0 aliphatic rings. The second-order valence-corrected chi connectivity index (χ2v) is 5.20. The lowest BCUT2D eigenvalue weighted by Crippen LogP contribution is -2.32. The Kier molecular flexibility index (Phi) is 4.77. The van der Waals surface area contributed by atoms with E-state index in [0.717, 1.165) is 23.5 Å². The van der Waals surface area contributed by atoms with Gasteiger partial charge in [-0.25, -0.2) is 0 Å². The van der Waals surface area contributed by atoms with E-state index in [4.69, 9.17) is 8.83 Å². The van der Waals surface area contributed by atoms with Crippen LogP contribution in [0.1, 0.15) is 44.1 Å². The van der Waals surface area contributed by atoms with E-state index in [1.54, 1.807) is 0 Å². The van der Waals surface area contributed by atoms with Crippen LogP contribution < -0.4 is 5.32 Å². The molecule has 0 aliphatic carbocycles. The van der Waals surface area contributed by atoms with Gasteiger partial charge in [-0.05, 0) is 33.3 Å². The van der Waals surface area contributed by atoms with Crippen molar-refractivity contribution in [3.8, 4) is 11.5 Å². The molecule has 0 radical (unpaired) electrons. The van der Waals surface area contributed by atoms with Crippen LogP contribution in [-0.2, 0) is 11.2 Å². The summed E-state index contributed by atoms with van der Waals surface area (Å²) < 4.78 is 11.0. The normalized spacial score (nSPS) is 12.4. The van der Waals surface area contributed by atoms with Crippen molar-refractivity contribution in [3.05, 3.63) is 23.5 Å². The Morgan fingerprint density at radius 3 is 2.71 bits per heavy atom. The summed E-state index contributed by atoms with van der Waals surface area (Å²) in [5.74, 6) is 2.44. The largest absolute Gasteiger partial charge is 0.466 e. The van der Waals surface area contributed by atoms with Crippen LogP contribution in [0.3, 0.4) is 0 Å². The van der Waals surface area contributed by atoms with Gasteiger partial charge in [0.05, 0.1) is 5.56 Å².